The number of benzene rings is 1. The van der Waals surface area contributed by atoms with Crippen LogP contribution in [-0.2, 0) is 21.0 Å². The average Bonchev–Trinajstić information content (AvgIpc) is 2.09. The zero-order valence-electron chi connectivity index (χ0n) is 11.0. The van der Waals surface area contributed by atoms with Crippen LogP contribution in [0.2, 0.25) is 5.02 Å². The SMILES string of the molecule is CC(C)(N)Cc1ccc(S(=O)(=O)C2COC2)c(Cl)c1. The van der Waals surface area contributed by atoms with Gasteiger partial charge in [0, 0.05) is 5.54 Å². The van der Waals surface area contributed by atoms with E-state index < -0.39 is 15.1 Å². The summed E-state index contributed by atoms with van der Waals surface area (Å²) in [4.78, 5) is 0.182. The predicted molar refractivity (Wildman–Crippen MR) is 75.2 cm³/mol. The van der Waals surface area contributed by atoms with Gasteiger partial charge in [0.1, 0.15) is 5.25 Å². The highest BCUT2D eigenvalue weighted by atomic mass is 35.5. The van der Waals surface area contributed by atoms with Crippen molar-refractivity contribution < 1.29 is 13.2 Å². The molecule has 1 aromatic carbocycles. The van der Waals surface area contributed by atoms with E-state index in [-0.39, 0.29) is 28.7 Å². The first-order chi connectivity index (χ1) is 8.70. The van der Waals surface area contributed by atoms with Gasteiger partial charge in [-0.25, -0.2) is 8.42 Å². The minimum absolute atomic E-state index is 0.182. The lowest BCUT2D eigenvalue weighted by atomic mass is 9.96. The van der Waals surface area contributed by atoms with Crippen LogP contribution < -0.4 is 5.73 Å². The Hall–Kier alpha value is -0.620. The van der Waals surface area contributed by atoms with Crippen LogP contribution in [0.15, 0.2) is 23.1 Å². The number of sulfone groups is 1. The van der Waals surface area contributed by atoms with E-state index in [1.807, 2.05) is 13.8 Å². The number of hydrogen-bond donors (Lipinski definition) is 1. The summed E-state index contributed by atoms with van der Waals surface area (Å²) in [5, 5.41) is -0.213. The highest BCUT2D eigenvalue weighted by Gasteiger charge is 2.35. The minimum Gasteiger partial charge on any atom is -0.379 e. The molecule has 0 amide bonds. The Balaban J connectivity index is 2.29. The van der Waals surface area contributed by atoms with E-state index in [4.69, 9.17) is 22.1 Å². The number of halogens is 1. The zero-order valence-corrected chi connectivity index (χ0v) is 12.6. The average molecular weight is 304 g/mol. The van der Waals surface area contributed by atoms with Gasteiger partial charge in [0.25, 0.3) is 0 Å². The highest BCUT2D eigenvalue weighted by Crippen LogP contribution is 2.29. The van der Waals surface area contributed by atoms with Gasteiger partial charge in [-0.1, -0.05) is 17.7 Å². The summed E-state index contributed by atoms with van der Waals surface area (Å²) in [6.45, 7) is 4.32. The molecule has 0 aromatic heterocycles. The lowest BCUT2D eigenvalue weighted by Crippen LogP contribution is -2.40. The van der Waals surface area contributed by atoms with Crippen molar-refractivity contribution in [2.24, 2.45) is 5.73 Å². The summed E-state index contributed by atoms with van der Waals surface area (Å²) in [6, 6.07) is 5.02. The van der Waals surface area contributed by atoms with Crippen molar-refractivity contribution in [1.82, 2.24) is 0 Å². The molecule has 1 fully saturated rings. The van der Waals surface area contributed by atoms with Crippen molar-refractivity contribution in [2.75, 3.05) is 13.2 Å². The first-order valence-corrected chi connectivity index (χ1v) is 8.01. The molecule has 0 radical (unpaired) electrons. The van der Waals surface area contributed by atoms with Crippen molar-refractivity contribution in [3.8, 4) is 0 Å². The second-order valence-electron chi connectivity index (χ2n) is 5.63. The predicted octanol–water partition coefficient (Wildman–Crippen LogP) is 1.79. The standard InChI is InChI=1S/C13H18ClNO3S/c1-13(2,15)6-9-3-4-12(11(14)5-9)19(16,17)10-7-18-8-10/h3-5,10H,6-8,15H2,1-2H3. The number of nitrogens with two attached hydrogens (primary N) is 1. The van der Waals surface area contributed by atoms with Crippen molar-refractivity contribution in [3.63, 3.8) is 0 Å². The Morgan fingerprint density at radius 3 is 2.47 bits per heavy atom. The third-order valence-corrected chi connectivity index (χ3v) is 5.55. The van der Waals surface area contributed by atoms with E-state index in [1.165, 1.54) is 0 Å². The van der Waals surface area contributed by atoms with Gasteiger partial charge >= 0.3 is 0 Å². The summed E-state index contributed by atoms with van der Waals surface area (Å²) in [7, 11) is -3.38. The van der Waals surface area contributed by atoms with E-state index >= 15 is 0 Å². The van der Waals surface area contributed by atoms with E-state index in [9.17, 15) is 8.42 Å². The monoisotopic (exact) mass is 303 g/mol. The zero-order chi connectivity index (χ0) is 14.3. The van der Waals surface area contributed by atoms with Crippen molar-refractivity contribution in [3.05, 3.63) is 28.8 Å². The van der Waals surface area contributed by atoms with E-state index in [1.54, 1.807) is 18.2 Å². The highest BCUT2D eigenvalue weighted by molar-refractivity contribution is 7.92. The van der Waals surface area contributed by atoms with E-state index in [0.29, 0.717) is 6.42 Å². The van der Waals surface area contributed by atoms with Crippen LogP contribution in [0.25, 0.3) is 0 Å². The maximum atomic E-state index is 12.2. The molecule has 1 saturated heterocycles. The van der Waals surface area contributed by atoms with Gasteiger partial charge in [-0.15, -0.1) is 0 Å². The second kappa shape index (κ2) is 5.05. The minimum atomic E-state index is -3.38. The van der Waals surface area contributed by atoms with Crippen LogP contribution in [0.5, 0.6) is 0 Å². The van der Waals surface area contributed by atoms with Crippen LogP contribution >= 0.6 is 11.6 Å². The molecule has 0 spiro atoms. The van der Waals surface area contributed by atoms with Gasteiger partial charge in [0.15, 0.2) is 9.84 Å². The third kappa shape index (κ3) is 3.28. The van der Waals surface area contributed by atoms with Gasteiger partial charge in [-0.2, -0.15) is 0 Å². The maximum Gasteiger partial charge on any atom is 0.187 e. The van der Waals surface area contributed by atoms with Crippen molar-refractivity contribution in [1.29, 1.82) is 0 Å². The Labute approximate surface area is 118 Å². The Bertz CT molecular complexity index is 574. The molecule has 1 aliphatic rings. The quantitative estimate of drug-likeness (QED) is 0.921. The first-order valence-electron chi connectivity index (χ1n) is 6.09. The van der Waals surface area contributed by atoms with Crippen LogP contribution in [0, 0.1) is 0 Å². The van der Waals surface area contributed by atoms with E-state index in [0.717, 1.165) is 5.56 Å². The summed E-state index contributed by atoms with van der Waals surface area (Å²) in [5.74, 6) is 0. The molecule has 1 aromatic rings. The Kier molecular flexibility index (Phi) is 3.93. The largest absolute Gasteiger partial charge is 0.379 e. The number of ether oxygens (including phenoxy) is 1. The molecule has 4 nitrogen and oxygen atoms in total. The van der Waals surface area contributed by atoms with Gasteiger partial charge in [0.05, 0.1) is 23.1 Å². The second-order valence-corrected chi connectivity index (χ2v) is 8.24. The molecular formula is C13H18ClNO3S. The fraction of sp³-hybridized carbons (Fsp3) is 0.538. The van der Waals surface area contributed by atoms with Crippen molar-refractivity contribution in [2.45, 2.75) is 36.0 Å². The van der Waals surface area contributed by atoms with Crippen LogP contribution in [0.3, 0.4) is 0 Å². The Morgan fingerprint density at radius 2 is 2.05 bits per heavy atom. The lowest BCUT2D eigenvalue weighted by Gasteiger charge is -2.26. The molecule has 1 heterocycles. The van der Waals surface area contributed by atoms with Crippen LogP contribution in [-0.4, -0.2) is 32.4 Å². The fourth-order valence-electron chi connectivity index (χ4n) is 1.98. The summed E-state index contributed by atoms with van der Waals surface area (Å²) in [5.41, 5.74) is 6.52. The molecule has 0 atom stereocenters. The fourth-order valence-corrected chi connectivity index (χ4v) is 4.01. The maximum absolute atomic E-state index is 12.2. The molecule has 0 saturated carbocycles. The number of hydrogen-bond acceptors (Lipinski definition) is 4. The van der Waals surface area contributed by atoms with Gasteiger partial charge < -0.3 is 10.5 Å². The molecule has 2 rings (SSSR count). The summed E-state index contributed by atoms with van der Waals surface area (Å²) >= 11 is 6.11. The molecule has 1 aliphatic heterocycles. The molecule has 19 heavy (non-hydrogen) atoms. The van der Waals surface area contributed by atoms with Gasteiger partial charge in [0.2, 0.25) is 0 Å². The smallest absolute Gasteiger partial charge is 0.187 e. The molecule has 0 aliphatic carbocycles. The molecule has 0 bridgehead atoms. The summed E-state index contributed by atoms with van der Waals surface area (Å²) in [6.07, 6.45) is 0.638. The lowest BCUT2D eigenvalue weighted by molar-refractivity contribution is 0.0416. The molecule has 106 valence electrons. The van der Waals surface area contributed by atoms with Gasteiger partial charge in [-0.3, -0.25) is 0 Å². The Morgan fingerprint density at radius 1 is 1.42 bits per heavy atom. The first kappa shape index (κ1) is 14.8. The van der Waals surface area contributed by atoms with E-state index in [2.05, 4.69) is 0 Å². The number of rotatable bonds is 4. The van der Waals surface area contributed by atoms with Crippen LogP contribution in [0.4, 0.5) is 0 Å². The van der Waals surface area contributed by atoms with Gasteiger partial charge in [-0.05, 0) is 38.0 Å². The topological polar surface area (TPSA) is 69.4 Å². The molecule has 6 heteroatoms. The van der Waals surface area contributed by atoms with Crippen LogP contribution in [0.1, 0.15) is 19.4 Å². The molecule has 2 N–H and O–H groups in total. The molecule has 0 unspecified atom stereocenters. The summed E-state index contributed by atoms with van der Waals surface area (Å²) < 4.78 is 29.4. The normalized spacial score (nSPS) is 17.3. The molecular weight excluding hydrogens is 286 g/mol. The van der Waals surface area contributed by atoms with Crippen molar-refractivity contribution >= 4 is 21.4 Å². The third-order valence-electron chi connectivity index (χ3n) is 3.01.